The lowest BCUT2D eigenvalue weighted by atomic mass is 10.0. The molecule has 0 aromatic carbocycles. The van der Waals surface area contributed by atoms with Gasteiger partial charge in [0, 0.05) is 6.42 Å². The molecule has 3 N–H and O–H groups in total. The largest absolute Gasteiger partial charge is 0.472 e. The van der Waals surface area contributed by atoms with Crippen LogP contribution in [0.15, 0.2) is 12.2 Å². The highest BCUT2D eigenvalue weighted by Gasteiger charge is 2.27. The number of amides is 1. The maximum absolute atomic E-state index is 12.9. The third-order valence-corrected chi connectivity index (χ3v) is 12.2. The minimum Gasteiger partial charge on any atom is -0.387 e. The molecule has 340 valence electrons. The fourth-order valence-corrected chi connectivity index (χ4v) is 8.07. The molecule has 57 heavy (non-hydrogen) atoms. The average molecular weight is 830 g/mol. The highest BCUT2D eigenvalue weighted by molar-refractivity contribution is 7.47. The monoisotopic (exact) mass is 830 g/mol. The van der Waals surface area contributed by atoms with E-state index in [1.165, 1.54) is 180 Å². The maximum atomic E-state index is 12.9. The van der Waals surface area contributed by atoms with Gasteiger partial charge in [0.05, 0.1) is 39.9 Å². The number of quaternary nitrogens is 1. The number of likely N-dealkylation sites (N-methyl/N-ethyl adjacent to an activating group) is 1. The highest BCUT2D eigenvalue weighted by Crippen LogP contribution is 2.43. The van der Waals surface area contributed by atoms with Crippen LogP contribution in [0.2, 0.25) is 0 Å². The fourth-order valence-electron chi connectivity index (χ4n) is 7.34. The summed E-state index contributed by atoms with van der Waals surface area (Å²) in [5, 5.41) is 13.8. The molecule has 0 rings (SSSR count). The lowest BCUT2D eigenvalue weighted by Gasteiger charge is -2.25. The SMILES string of the molecule is CCCCCCCCCC/C=C/C(O)C(COP(=O)(O)OCC[N+](C)(C)C)NC(=O)CCCCCCCCCCCCCCCCCCCCCCCCCCC. The number of hydrogen-bond donors (Lipinski definition) is 3. The van der Waals surface area contributed by atoms with Crippen LogP contribution >= 0.6 is 7.82 Å². The Kier molecular flexibility index (Phi) is 40.1. The number of rotatable bonds is 45. The zero-order valence-electron chi connectivity index (χ0n) is 38.6. The van der Waals surface area contributed by atoms with Crippen molar-refractivity contribution in [1.82, 2.24) is 5.32 Å². The molecule has 3 unspecified atom stereocenters. The molecule has 0 aliphatic carbocycles. The first-order chi connectivity index (χ1) is 27.5. The van der Waals surface area contributed by atoms with E-state index in [9.17, 15) is 19.4 Å². The average Bonchev–Trinajstić information content (AvgIpc) is 3.16. The molecule has 9 heteroatoms. The first kappa shape index (κ1) is 56.2. The van der Waals surface area contributed by atoms with Crippen molar-refractivity contribution in [3.8, 4) is 0 Å². The van der Waals surface area contributed by atoms with Crippen LogP contribution in [-0.4, -0.2) is 73.4 Å². The van der Waals surface area contributed by atoms with E-state index in [2.05, 4.69) is 19.2 Å². The van der Waals surface area contributed by atoms with Gasteiger partial charge in [-0.2, -0.15) is 0 Å². The maximum Gasteiger partial charge on any atom is 0.472 e. The standard InChI is InChI=1S/C48H97N2O6P/c1-6-8-10-12-14-16-18-19-20-21-22-23-24-25-26-27-28-29-30-31-32-34-36-38-40-42-48(52)49-46(45-56-57(53,54)55-44-43-50(3,4)5)47(51)41-39-37-35-33-17-15-13-11-9-7-2/h39,41,46-47,51H,6-38,40,42-45H2,1-5H3,(H-,49,52,53,54)/p+1/b41-39+. The summed E-state index contributed by atoms with van der Waals surface area (Å²) in [5.41, 5.74) is 0. The molecule has 0 heterocycles. The second kappa shape index (κ2) is 40.6. The van der Waals surface area contributed by atoms with Gasteiger partial charge in [-0.25, -0.2) is 4.57 Å². The molecule has 1 amide bonds. The number of carbonyl (C=O) groups is 1. The number of carbonyl (C=O) groups excluding carboxylic acids is 1. The first-order valence-corrected chi connectivity index (χ1v) is 26.1. The van der Waals surface area contributed by atoms with Crippen LogP contribution in [-0.2, 0) is 18.4 Å². The summed E-state index contributed by atoms with van der Waals surface area (Å²) in [5.74, 6) is -0.174. The van der Waals surface area contributed by atoms with Crippen molar-refractivity contribution >= 4 is 13.7 Å². The summed E-state index contributed by atoms with van der Waals surface area (Å²) in [6.07, 6.45) is 47.3. The van der Waals surface area contributed by atoms with Gasteiger partial charge in [-0.3, -0.25) is 13.8 Å². The molecular formula is C48H98N2O6P+. The van der Waals surface area contributed by atoms with Crippen LogP contribution in [0.25, 0.3) is 0 Å². The Balaban J connectivity index is 4.10. The quantitative estimate of drug-likeness (QED) is 0.0244. The smallest absolute Gasteiger partial charge is 0.387 e. The number of phosphoric acid groups is 1. The van der Waals surface area contributed by atoms with Gasteiger partial charge in [-0.1, -0.05) is 225 Å². The van der Waals surface area contributed by atoms with Crippen molar-refractivity contribution in [2.24, 2.45) is 0 Å². The van der Waals surface area contributed by atoms with Crippen molar-refractivity contribution in [3.05, 3.63) is 12.2 Å². The van der Waals surface area contributed by atoms with E-state index in [0.29, 0.717) is 17.4 Å². The summed E-state index contributed by atoms with van der Waals surface area (Å²) < 4.78 is 23.5. The van der Waals surface area contributed by atoms with Gasteiger partial charge < -0.3 is 19.8 Å². The predicted molar refractivity (Wildman–Crippen MR) is 245 cm³/mol. The second-order valence-electron chi connectivity index (χ2n) is 18.2. The molecule has 3 atom stereocenters. The van der Waals surface area contributed by atoms with Crippen LogP contribution in [0, 0.1) is 0 Å². The summed E-state index contributed by atoms with van der Waals surface area (Å²) in [6, 6.07) is -0.839. The van der Waals surface area contributed by atoms with Gasteiger partial charge in [0.25, 0.3) is 0 Å². The Labute approximate surface area is 354 Å². The first-order valence-electron chi connectivity index (χ1n) is 24.6. The van der Waals surface area contributed by atoms with Crippen LogP contribution in [0.5, 0.6) is 0 Å². The van der Waals surface area contributed by atoms with E-state index in [-0.39, 0.29) is 19.1 Å². The Morgan fingerprint density at radius 3 is 1.30 bits per heavy atom. The lowest BCUT2D eigenvalue weighted by molar-refractivity contribution is -0.870. The Morgan fingerprint density at radius 2 is 0.930 bits per heavy atom. The summed E-state index contributed by atoms with van der Waals surface area (Å²) in [7, 11) is 1.58. The van der Waals surface area contributed by atoms with E-state index in [4.69, 9.17) is 9.05 Å². The second-order valence-corrected chi connectivity index (χ2v) is 19.7. The zero-order chi connectivity index (χ0) is 42.1. The molecule has 0 saturated carbocycles. The van der Waals surface area contributed by atoms with Gasteiger partial charge in [0.2, 0.25) is 5.91 Å². The minimum atomic E-state index is -4.33. The lowest BCUT2D eigenvalue weighted by Crippen LogP contribution is -2.45. The number of unbranched alkanes of at least 4 members (excludes halogenated alkanes) is 32. The molecule has 0 bridgehead atoms. The molecule has 0 fully saturated rings. The third-order valence-electron chi connectivity index (χ3n) is 11.3. The van der Waals surface area contributed by atoms with E-state index in [1.807, 2.05) is 27.2 Å². The predicted octanol–water partition coefficient (Wildman–Crippen LogP) is 13.9. The Bertz CT molecular complexity index is 942. The van der Waals surface area contributed by atoms with Gasteiger partial charge in [-0.05, 0) is 19.3 Å². The Hall–Kier alpha value is -0.760. The molecule has 0 aliphatic heterocycles. The third kappa shape index (κ3) is 43.1. The summed E-state index contributed by atoms with van der Waals surface area (Å²) in [4.78, 5) is 23.1. The van der Waals surface area contributed by atoms with Crippen molar-refractivity contribution in [1.29, 1.82) is 0 Å². The van der Waals surface area contributed by atoms with Crippen molar-refractivity contribution in [3.63, 3.8) is 0 Å². The van der Waals surface area contributed by atoms with Gasteiger partial charge >= 0.3 is 7.82 Å². The molecule has 0 aliphatic rings. The van der Waals surface area contributed by atoms with Crippen LogP contribution in [0.3, 0.4) is 0 Å². The molecule has 0 saturated heterocycles. The molecule has 0 aromatic rings. The van der Waals surface area contributed by atoms with Crippen molar-refractivity contribution in [2.45, 2.75) is 251 Å². The number of nitrogens with one attached hydrogen (secondary N) is 1. The van der Waals surface area contributed by atoms with Crippen LogP contribution in [0.1, 0.15) is 239 Å². The summed E-state index contributed by atoms with van der Waals surface area (Å²) >= 11 is 0. The van der Waals surface area contributed by atoms with E-state index in [0.717, 1.165) is 38.5 Å². The number of allylic oxidation sites excluding steroid dienone is 1. The molecule has 0 radical (unpaired) electrons. The molecular weight excluding hydrogens is 732 g/mol. The van der Waals surface area contributed by atoms with Crippen LogP contribution in [0.4, 0.5) is 0 Å². The van der Waals surface area contributed by atoms with E-state index in [1.54, 1.807) is 6.08 Å². The topological polar surface area (TPSA) is 105 Å². The van der Waals surface area contributed by atoms with E-state index < -0.39 is 20.0 Å². The van der Waals surface area contributed by atoms with E-state index >= 15 is 0 Å². The number of phosphoric ester groups is 1. The van der Waals surface area contributed by atoms with Crippen molar-refractivity contribution in [2.75, 3.05) is 40.9 Å². The van der Waals surface area contributed by atoms with Gasteiger partial charge in [-0.15, -0.1) is 0 Å². The van der Waals surface area contributed by atoms with Gasteiger partial charge in [0.15, 0.2) is 0 Å². The minimum absolute atomic E-state index is 0.0644. The number of hydrogen-bond acceptors (Lipinski definition) is 5. The highest BCUT2D eigenvalue weighted by atomic mass is 31.2. The Morgan fingerprint density at radius 1 is 0.579 bits per heavy atom. The normalized spacial score (nSPS) is 14.3. The zero-order valence-corrected chi connectivity index (χ0v) is 39.5. The van der Waals surface area contributed by atoms with Crippen molar-refractivity contribution < 1.29 is 32.9 Å². The molecule has 0 spiro atoms. The fraction of sp³-hybridized carbons (Fsp3) is 0.938. The molecule has 0 aromatic heterocycles. The summed E-state index contributed by atoms with van der Waals surface area (Å²) in [6.45, 7) is 4.82. The number of nitrogens with zero attached hydrogens (tertiary/aromatic N) is 1. The number of aliphatic hydroxyl groups excluding tert-OH is 1. The van der Waals surface area contributed by atoms with Crippen LogP contribution < -0.4 is 5.32 Å². The molecule has 8 nitrogen and oxygen atoms in total. The van der Waals surface area contributed by atoms with Gasteiger partial charge in [0.1, 0.15) is 13.2 Å². The number of aliphatic hydroxyl groups is 1.